The topological polar surface area (TPSA) is 52.6 Å². The van der Waals surface area contributed by atoms with Crippen LogP contribution in [0.2, 0.25) is 0 Å². The van der Waals surface area contributed by atoms with Crippen LogP contribution in [0.15, 0.2) is 90.9 Å². The van der Waals surface area contributed by atoms with Crippen LogP contribution < -0.4 is 0 Å². The summed E-state index contributed by atoms with van der Waals surface area (Å²) in [6.07, 6.45) is 3.30. The quantitative estimate of drug-likeness (QED) is 0.262. The second-order valence-corrected chi connectivity index (χ2v) is 9.94. The zero-order valence-electron chi connectivity index (χ0n) is 16.4. The molecule has 0 aliphatic heterocycles. The van der Waals surface area contributed by atoms with Crippen LogP contribution in [0.5, 0.6) is 0 Å². The minimum absolute atomic E-state index is 0.565. The van der Waals surface area contributed by atoms with E-state index in [0.717, 1.165) is 33.4 Å². The second-order valence-electron chi connectivity index (χ2n) is 7.83. The zero-order chi connectivity index (χ0) is 20.8. The molecule has 0 bridgehead atoms. The Morgan fingerprint density at radius 2 is 1.03 bits per heavy atom. The standard InChI is InChI=1S/C26H12O4S2/c1-3-21-17(9-13(1)19-11-15-5-7-27-25(15)29-19)23-24(31-21)18-10-14(2-4-22(18)32-23)20-12-16-6-8-28-26(16)30-20/h1-12H. The Labute approximate surface area is 187 Å². The molecule has 8 rings (SSSR count). The van der Waals surface area contributed by atoms with Crippen LogP contribution in [0.3, 0.4) is 0 Å². The summed E-state index contributed by atoms with van der Waals surface area (Å²) >= 11 is 3.66. The molecule has 0 aliphatic carbocycles. The van der Waals surface area contributed by atoms with Gasteiger partial charge in [0.15, 0.2) is 0 Å². The first-order valence-electron chi connectivity index (χ1n) is 10.1. The first-order valence-corrected chi connectivity index (χ1v) is 11.8. The van der Waals surface area contributed by atoms with Gasteiger partial charge in [0.05, 0.1) is 32.7 Å². The van der Waals surface area contributed by atoms with Crippen LogP contribution in [0, 0.1) is 0 Å². The van der Waals surface area contributed by atoms with Crippen LogP contribution in [-0.4, -0.2) is 0 Å². The molecule has 32 heavy (non-hydrogen) atoms. The van der Waals surface area contributed by atoms with Crippen molar-refractivity contribution in [2.45, 2.75) is 0 Å². The normalized spacial score (nSPS) is 12.4. The van der Waals surface area contributed by atoms with Gasteiger partial charge < -0.3 is 17.7 Å². The Kier molecular flexibility index (Phi) is 3.13. The molecule has 2 aromatic carbocycles. The Balaban J connectivity index is 1.32. The van der Waals surface area contributed by atoms with E-state index in [-0.39, 0.29) is 0 Å². The van der Waals surface area contributed by atoms with Gasteiger partial charge in [-0.2, -0.15) is 0 Å². The molecular formula is C26H12O4S2. The average Bonchev–Trinajstić information content (AvgIpc) is 3.60. The van der Waals surface area contributed by atoms with Gasteiger partial charge in [0.1, 0.15) is 11.5 Å². The van der Waals surface area contributed by atoms with Crippen molar-refractivity contribution >= 4 is 74.6 Å². The van der Waals surface area contributed by atoms with Crippen molar-refractivity contribution in [2.24, 2.45) is 0 Å². The van der Waals surface area contributed by atoms with Crippen LogP contribution in [0.4, 0.5) is 0 Å². The van der Waals surface area contributed by atoms with Crippen molar-refractivity contribution in [1.82, 2.24) is 0 Å². The van der Waals surface area contributed by atoms with Crippen molar-refractivity contribution in [1.29, 1.82) is 0 Å². The van der Waals surface area contributed by atoms with Crippen molar-refractivity contribution in [3.05, 3.63) is 73.2 Å². The molecule has 0 spiro atoms. The fraction of sp³-hybridized carbons (Fsp3) is 0. The maximum absolute atomic E-state index is 5.90. The fourth-order valence-corrected chi connectivity index (χ4v) is 6.98. The summed E-state index contributed by atoms with van der Waals surface area (Å²) in [7, 11) is 0. The lowest BCUT2D eigenvalue weighted by Crippen LogP contribution is -1.72. The third-order valence-electron chi connectivity index (χ3n) is 5.94. The van der Waals surface area contributed by atoms with E-state index in [9.17, 15) is 0 Å². The molecular weight excluding hydrogens is 440 g/mol. The lowest BCUT2D eigenvalue weighted by atomic mass is 10.1. The summed E-state index contributed by atoms with van der Waals surface area (Å²) in [6.45, 7) is 0. The minimum Gasteiger partial charge on any atom is -0.433 e. The third kappa shape index (κ3) is 2.25. The Morgan fingerprint density at radius 1 is 0.531 bits per heavy atom. The monoisotopic (exact) mass is 452 g/mol. The van der Waals surface area contributed by atoms with Gasteiger partial charge in [0, 0.05) is 31.3 Å². The van der Waals surface area contributed by atoms with E-state index in [0.29, 0.717) is 11.6 Å². The summed E-state index contributed by atoms with van der Waals surface area (Å²) in [5.74, 6) is 2.78. The minimum atomic E-state index is 0.565. The van der Waals surface area contributed by atoms with Gasteiger partial charge in [-0.1, -0.05) is 0 Å². The predicted octanol–water partition coefficient (Wildman–Crippen LogP) is 9.28. The first-order chi connectivity index (χ1) is 15.8. The Hall–Kier alpha value is -3.74. The van der Waals surface area contributed by atoms with Gasteiger partial charge >= 0.3 is 0 Å². The second kappa shape index (κ2) is 5.94. The van der Waals surface area contributed by atoms with Crippen molar-refractivity contribution in [3.63, 3.8) is 0 Å². The van der Waals surface area contributed by atoms with Gasteiger partial charge in [-0.25, -0.2) is 0 Å². The van der Waals surface area contributed by atoms with E-state index in [1.807, 2.05) is 46.9 Å². The first kappa shape index (κ1) is 16.9. The fourth-order valence-electron chi connectivity index (χ4n) is 4.38. The highest BCUT2D eigenvalue weighted by molar-refractivity contribution is 7.36. The van der Waals surface area contributed by atoms with Crippen molar-refractivity contribution in [3.8, 4) is 22.6 Å². The molecule has 6 aromatic heterocycles. The maximum atomic E-state index is 5.90. The average molecular weight is 453 g/mol. The number of benzene rings is 2. The molecule has 6 heterocycles. The molecule has 0 N–H and O–H groups in total. The highest BCUT2D eigenvalue weighted by Gasteiger charge is 2.16. The van der Waals surface area contributed by atoms with Gasteiger partial charge in [0.25, 0.3) is 11.6 Å². The highest BCUT2D eigenvalue weighted by Crippen LogP contribution is 2.46. The number of rotatable bonds is 2. The van der Waals surface area contributed by atoms with Crippen molar-refractivity contribution < 1.29 is 17.7 Å². The van der Waals surface area contributed by atoms with E-state index >= 15 is 0 Å². The molecule has 0 atom stereocenters. The van der Waals surface area contributed by atoms with Gasteiger partial charge in [-0.15, -0.1) is 22.7 Å². The molecule has 8 aromatic rings. The Morgan fingerprint density at radius 3 is 1.50 bits per heavy atom. The molecule has 152 valence electrons. The number of furan rings is 4. The van der Waals surface area contributed by atoms with Crippen LogP contribution in [0.1, 0.15) is 0 Å². The zero-order valence-corrected chi connectivity index (χ0v) is 18.0. The summed E-state index contributed by atoms with van der Waals surface area (Å²) in [4.78, 5) is 0. The number of hydrogen-bond donors (Lipinski definition) is 0. The maximum Gasteiger partial charge on any atom is 0.297 e. The molecule has 0 unspecified atom stereocenters. The van der Waals surface area contributed by atoms with E-state index < -0.39 is 0 Å². The smallest absolute Gasteiger partial charge is 0.297 e. The highest BCUT2D eigenvalue weighted by atomic mass is 32.1. The number of thiophene rings is 2. The van der Waals surface area contributed by atoms with Crippen LogP contribution in [-0.2, 0) is 0 Å². The number of fused-ring (bicyclic) bond motifs is 7. The van der Waals surface area contributed by atoms with E-state index in [1.54, 1.807) is 12.5 Å². The third-order valence-corrected chi connectivity index (χ3v) is 8.48. The van der Waals surface area contributed by atoms with Gasteiger partial charge in [-0.05, 0) is 60.7 Å². The van der Waals surface area contributed by atoms with Gasteiger partial charge in [-0.3, -0.25) is 0 Å². The van der Waals surface area contributed by atoms with E-state index in [2.05, 4.69) is 36.4 Å². The Bertz CT molecular complexity index is 1750. The summed E-state index contributed by atoms with van der Waals surface area (Å²) < 4.78 is 27.7. The van der Waals surface area contributed by atoms with Crippen molar-refractivity contribution in [2.75, 3.05) is 0 Å². The summed E-state index contributed by atoms with van der Waals surface area (Å²) in [5.41, 5.74) is 2.11. The number of hydrogen-bond acceptors (Lipinski definition) is 6. The largest absolute Gasteiger partial charge is 0.433 e. The lowest BCUT2D eigenvalue weighted by molar-refractivity contribution is 0.484. The molecule has 0 radical (unpaired) electrons. The van der Waals surface area contributed by atoms with E-state index in [1.165, 1.54) is 29.6 Å². The molecule has 0 saturated heterocycles. The molecule has 0 aliphatic rings. The molecule has 4 nitrogen and oxygen atoms in total. The molecule has 0 saturated carbocycles. The van der Waals surface area contributed by atoms with Crippen LogP contribution >= 0.6 is 22.7 Å². The molecule has 6 heteroatoms. The van der Waals surface area contributed by atoms with Gasteiger partial charge in [0.2, 0.25) is 0 Å². The molecule has 0 fully saturated rings. The van der Waals surface area contributed by atoms with E-state index in [4.69, 9.17) is 17.7 Å². The molecule has 0 amide bonds. The predicted molar refractivity (Wildman–Crippen MR) is 130 cm³/mol. The SMILES string of the molecule is c1cc2cc(-c3ccc4sc5c6cc(-c7cc8ccoc8o7)ccc6sc5c4c3)oc2o1. The summed E-state index contributed by atoms with van der Waals surface area (Å²) in [5, 5.41) is 4.48. The van der Waals surface area contributed by atoms with Crippen LogP contribution in [0.25, 0.3) is 74.6 Å². The lowest BCUT2D eigenvalue weighted by Gasteiger charge is -1.98. The summed E-state index contributed by atoms with van der Waals surface area (Å²) in [6, 6.07) is 20.9.